The van der Waals surface area contributed by atoms with Crippen LogP contribution in [-0.2, 0) is 12.0 Å². The third-order valence-electron chi connectivity index (χ3n) is 4.23. The van der Waals surface area contributed by atoms with Gasteiger partial charge < -0.3 is 14.5 Å². The third-order valence-corrected chi connectivity index (χ3v) is 4.23. The molecule has 2 heterocycles. The number of aliphatic hydroxyl groups is 1. The molecule has 1 fully saturated rings. The molecule has 1 saturated heterocycles. The number of carbonyl (C=O) groups is 1. The summed E-state index contributed by atoms with van der Waals surface area (Å²) in [5.74, 6) is 0.496. The second kappa shape index (κ2) is 6.16. The van der Waals surface area contributed by atoms with Crippen LogP contribution in [0.5, 0.6) is 0 Å². The van der Waals surface area contributed by atoms with E-state index in [1.54, 1.807) is 11.0 Å². The lowest BCUT2D eigenvalue weighted by atomic mass is 9.93. The highest BCUT2D eigenvalue weighted by Crippen LogP contribution is 2.32. The van der Waals surface area contributed by atoms with E-state index in [2.05, 4.69) is 19.0 Å². The van der Waals surface area contributed by atoms with Crippen LogP contribution in [0.4, 0.5) is 0 Å². The number of aromatic nitrogens is 1. The van der Waals surface area contributed by atoms with Crippen LogP contribution in [0, 0.1) is 5.92 Å². The normalized spacial score (nSPS) is 21.1. The Hall–Kier alpha value is -2.14. The quantitative estimate of drug-likeness (QED) is 0.942. The molecule has 0 bridgehead atoms. The Kier molecular flexibility index (Phi) is 4.22. The van der Waals surface area contributed by atoms with Gasteiger partial charge in [-0.2, -0.15) is 0 Å². The molecule has 5 heteroatoms. The van der Waals surface area contributed by atoms with Crippen molar-refractivity contribution in [2.75, 3.05) is 13.1 Å². The molecule has 1 aliphatic rings. The maximum absolute atomic E-state index is 12.5. The van der Waals surface area contributed by atoms with Crippen molar-refractivity contribution >= 4 is 5.91 Å². The first-order chi connectivity index (χ1) is 11.0. The van der Waals surface area contributed by atoms with Crippen LogP contribution in [0.2, 0.25) is 0 Å². The van der Waals surface area contributed by atoms with Crippen molar-refractivity contribution in [3.05, 3.63) is 53.4 Å². The molecule has 1 aromatic heterocycles. The molecule has 1 atom stereocenters. The Bertz CT molecular complexity index is 681. The molecule has 2 aromatic rings. The largest absolute Gasteiger partial charge is 0.383 e. The van der Waals surface area contributed by atoms with Crippen molar-refractivity contribution < 1.29 is 14.4 Å². The van der Waals surface area contributed by atoms with Gasteiger partial charge in [-0.3, -0.25) is 4.79 Å². The van der Waals surface area contributed by atoms with Gasteiger partial charge in [-0.25, -0.2) is 0 Å². The Morgan fingerprint density at radius 2 is 2.13 bits per heavy atom. The number of hydrogen-bond acceptors (Lipinski definition) is 4. The number of carbonyl (C=O) groups excluding carboxylic acids is 1. The number of benzene rings is 1. The zero-order valence-electron chi connectivity index (χ0n) is 13.5. The van der Waals surface area contributed by atoms with E-state index < -0.39 is 5.60 Å². The van der Waals surface area contributed by atoms with E-state index in [4.69, 9.17) is 4.52 Å². The summed E-state index contributed by atoms with van der Waals surface area (Å²) in [6.45, 7) is 4.97. The molecule has 5 nitrogen and oxygen atoms in total. The lowest BCUT2D eigenvalue weighted by Crippen LogP contribution is -2.34. The van der Waals surface area contributed by atoms with E-state index in [0.29, 0.717) is 18.9 Å². The van der Waals surface area contributed by atoms with Gasteiger partial charge in [0.2, 0.25) is 5.76 Å². The van der Waals surface area contributed by atoms with Crippen LogP contribution in [0.1, 0.15) is 42.1 Å². The summed E-state index contributed by atoms with van der Waals surface area (Å²) in [5.41, 5.74) is 0.645. The molecule has 1 aromatic carbocycles. The maximum atomic E-state index is 12.5. The van der Waals surface area contributed by atoms with E-state index in [1.165, 1.54) is 0 Å². The number of rotatable bonds is 4. The molecule has 0 unspecified atom stereocenters. The molecule has 0 saturated carbocycles. The van der Waals surface area contributed by atoms with E-state index in [-0.39, 0.29) is 18.2 Å². The fraction of sp³-hybridized carbons (Fsp3) is 0.444. The molecule has 0 aliphatic carbocycles. The Morgan fingerprint density at radius 3 is 2.83 bits per heavy atom. The van der Waals surface area contributed by atoms with Crippen molar-refractivity contribution in [3.63, 3.8) is 0 Å². The Labute approximate surface area is 135 Å². The predicted molar refractivity (Wildman–Crippen MR) is 85.9 cm³/mol. The number of likely N-dealkylation sites (tertiary alicyclic amines) is 1. The molecule has 23 heavy (non-hydrogen) atoms. The molecular formula is C18H22N2O3. The zero-order chi connectivity index (χ0) is 16.4. The van der Waals surface area contributed by atoms with Gasteiger partial charge in [0, 0.05) is 12.6 Å². The van der Waals surface area contributed by atoms with Gasteiger partial charge in [0.15, 0.2) is 0 Å². The van der Waals surface area contributed by atoms with Crippen LogP contribution in [-0.4, -0.2) is 34.2 Å². The summed E-state index contributed by atoms with van der Waals surface area (Å²) in [4.78, 5) is 14.2. The minimum atomic E-state index is -0.988. The number of nitrogens with zero attached hydrogens (tertiary/aromatic N) is 2. The monoisotopic (exact) mass is 314 g/mol. The summed E-state index contributed by atoms with van der Waals surface area (Å²) >= 11 is 0. The van der Waals surface area contributed by atoms with Crippen LogP contribution >= 0.6 is 0 Å². The molecule has 122 valence electrons. The molecule has 3 rings (SSSR count). The molecule has 0 spiro atoms. The van der Waals surface area contributed by atoms with Gasteiger partial charge in [0.05, 0.1) is 12.2 Å². The van der Waals surface area contributed by atoms with Crippen molar-refractivity contribution in [1.82, 2.24) is 10.1 Å². The molecule has 0 radical (unpaired) electrons. The lowest BCUT2D eigenvalue weighted by molar-refractivity contribution is 0.0404. The highest BCUT2D eigenvalue weighted by Gasteiger charge is 2.40. The zero-order valence-corrected chi connectivity index (χ0v) is 13.5. The lowest BCUT2D eigenvalue weighted by Gasteiger charge is -2.23. The van der Waals surface area contributed by atoms with E-state index >= 15 is 0 Å². The summed E-state index contributed by atoms with van der Waals surface area (Å²) in [6.07, 6.45) is 1.31. The summed E-state index contributed by atoms with van der Waals surface area (Å²) in [7, 11) is 0. The van der Waals surface area contributed by atoms with Gasteiger partial charge >= 0.3 is 0 Å². The minimum absolute atomic E-state index is 0.209. The van der Waals surface area contributed by atoms with Crippen molar-refractivity contribution in [2.24, 2.45) is 5.92 Å². The Morgan fingerprint density at radius 1 is 1.39 bits per heavy atom. The Balaban J connectivity index is 1.71. The molecule has 1 aliphatic heterocycles. The third kappa shape index (κ3) is 3.29. The van der Waals surface area contributed by atoms with Crippen LogP contribution in [0.15, 0.2) is 40.9 Å². The average Bonchev–Trinajstić information content (AvgIpc) is 3.15. The van der Waals surface area contributed by atoms with E-state index in [0.717, 1.165) is 17.7 Å². The van der Waals surface area contributed by atoms with Gasteiger partial charge in [0.1, 0.15) is 5.60 Å². The van der Waals surface area contributed by atoms with Crippen LogP contribution in [0.3, 0.4) is 0 Å². The second-order valence-electron chi connectivity index (χ2n) is 6.65. The van der Waals surface area contributed by atoms with Crippen molar-refractivity contribution in [3.8, 4) is 0 Å². The highest BCUT2D eigenvalue weighted by atomic mass is 16.5. The standard InChI is InChI=1S/C18H22N2O3/c1-13(2)10-15-11-16(23-19-15)17(21)20-9-8-18(22,12-20)14-6-4-3-5-7-14/h3-7,11,13,22H,8-10,12H2,1-2H3/t18-/m0/s1. The second-order valence-corrected chi connectivity index (χ2v) is 6.65. The average molecular weight is 314 g/mol. The first kappa shape index (κ1) is 15.7. The summed E-state index contributed by atoms with van der Waals surface area (Å²) in [5, 5.41) is 14.8. The van der Waals surface area contributed by atoms with Crippen LogP contribution in [0.25, 0.3) is 0 Å². The van der Waals surface area contributed by atoms with E-state index in [9.17, 15) is 9.90 Å². The SMILES string of the molecule is CC(C)Cc1cc(C(=O)N2CC[C@@](O)(c3ccccc3)C2)on1. The first-order valence-electron chi connectivity index (χ1n) is 8.01. The topological polar surface area (TPSA) is 66.6 Å². The highest BCUT2D eigenvalue weighted by molar-refractivity contribution is 5.91. The van der Waals surface area contributed by atoms with E-state index in [1.807, 2.05) is 30.3 Å². The smallest absolute Gasteiger partial charge is 0.292 e. The summed E-state index contributed by atoms with van der Waals surface area (Å²) < 4.78 is 5.19. The molecular weight excluding hydrogens is 292 g/mol. The van der Waals surface area contributed by atoms with Gasteiger partial charge in [-0.15, -0.1) is 0 Å². The van der Waals surface area contributed by atoms with Crippen molar-refractivity contribution in [2.45, 2.75) is 32.3 Å². The van der Waals surface area contributed by atoms with Gasteiger partial charge in [0.25, 0.3) is 5.91 Å². The minimum Gasteiger partial charge on any atom is -0.383 e. The predicted octanol–water partition coefficient (Wildman–Crippen LogP) is 2.61. The summed E-state index contributed by atoms with van der Waals surface area (Å²) in [6, 6.07) is 11.2. The first-order valence-corrected chi connectivity index (χ1v) is 8.01. The van der Waals surface area contributed by atoms with Crippen LogP contribution < -0.4 is 0 Å². The number of β-amino-alcohol motifs (C(OH)–C–C–N with tert-alkyl or cyclic N) is 1. The van der Waals surface area contributed by atoms with Gasteiger partial charge in [-0.05, 0) is 24.3 Å². The number of hydrogen-bond donors (Lipinski definition) is 1. The molecule has 1 amide bonds. The number of amides is 1. The van der Waals surface area contributed by atoms with Crippen molar-refractivity contribution in [1.29, 1.82) is 0 Å². The van der Waals surface area contributed by atoms with Gasteiger partial charge in [-0.1, -0.05) is 49.3 Å². The molecule has 1 N–H and O–H groups in total. The fourth-order valence-corrected chi connectivity index (χ4v) is 3.03. The maximum Gasteiger partial charge on any atom is 0.292 e. The fourth-order valence-electron chi connectivity index (χ4n) is 3.03.